The van der Waals surface area contributed by atoms with Gasteiger partial charge < -0.3 is 9.26 Å². The molecule has 0 radical (unpaired) electrons. The van der Waals surface area contributed by atoms with Gasteiger partial charge in [0.05, 0.1) is 24.9 Å². The molecule has 0 unspecified atom stereocenters. The quantitative estimate of drug-likeness (QED) is 0.387. The predicted molar refractivity (Wildman–Crippen MR) is 98.1 cm³/mol. The molecule has 0 amide bonds. The molecule has 3 rings (SSSR count). The number of esters is 1. The molecule has 0 aliphatic carbocycles. The molecule has 26 heavy (non-hydrogen) atoms. The van der Waals surface area contributed by atoms with Crippen molar-refractivity contribution in [2.75, 3.05) is 12.0 Å². The Hall–Kier alpha value is -3.07. The molecule has 0 fully saturated rings. The molecule has 0 spiro atoms. The summed E-state index contributed by atoms with van der Waals surface area (Å²) in [5, 5.41) is 10.4. The van der Waals surface area contributed by atoms with Gasteiger partial charge in [-0.3, -0.25) is 10.2 Å². The molecule has 9 heteroatoms. The molecule has 0 atom stereocenters. The van der Waals surface area contributed by atoms with E-state index in [4.69, 9.17) is 9.26 Å². The monoisotopic (exact) mass is 371 g/mol. The van der Waals surface area contributed by atoms with Gasteiger partial charge in [0, 0.05) is 17.9 Å². The Morgan fingerprint density at radius 3 is 2.85 bits per heavy atom. The van der Waals surface area contributed by atoms with Crippen LogP contribution in [0.4, 0.5) is 5.13 Å². The Morgan fingerprint density at radius 2 is 2.15 bits per heavy atom. The molecule has 0 saturated heterocycles. The first-order valence-electron chi connectivity index (χ1n) is 7.94. The normalized spacial score (nSPS) is 11.0. The second kappa shape index (κ2) is 8.34. The number of hydrazone groups is 1. The fraction of sp³-hybridized carbons (Fsp3) is 0.235. The van der Waals surface area contributed by atoms with Gasteiger partial charge in [0.1, 0.15) is 0 Å². The molecular weight excluding hydrogens is 354 g/mol. The van der Waals surface area contributed by atoms with Gasteiger partial charge in [-0.05, 0) is 12.5 Å². The smallest absolute Gasteiger partial charge is 0.311 e. The van der Waals surface area contributed by atoms with Crippen LogP contribution in [0.5, 0.6) is 0 Å². The number of nitrogens with one attached hydrogen (secondary N) is 1. The van der Waals surface area contributed by atoms with Crippen LogP contribution in [-0.2, 0) is 16.0 Å². The lowest BCUT2D eigenvalue weighted by Crippen LogP contribution is -2.07. The molecule has 134 valence electrons. The van der Waals surface area contributed by atoms with Gasteiger partial charge in [0.2, 0.25) is 16.8 Å². The highest BCUT2D eigenvalue weighted by molar-refractivity contribution is 7.13. The predicted octanol–water partition coefficient (Wildman–Crippen LogP) is 3.05. The third-order valence-corrected chi connectivity index (χ3v) is 4.05. The fourth-order valence-electron chi connectivity index (χ4n) is 2.10. The van der Waals surface area contributed by atoms with E-state index < -0.39 is 0 Å². The first kappa shape index (κ1) is 17.7. The lowest BCUT2D eigenvalue weighted by molar-refractivity contribution is -0.142. The average molecular weight is 371 g/mol. The van der Waals surface area contributed by atoms with Gasteiger partial charge in [0.25, 0.3) is 0 Å². The van der Waals surface area contributed by atoms with E-state index in [1.54, 1.807) is 25.4 Å². The van der Waals surface area contributed by atoms with Crippen LogP contribution in [0.1, 0.15) is 24.1 Å². The summed E-state index contributed by atoms with van der Waals surface area (Å²) in [6, 6.07) is 7.60. The lowest BCUT2D eigenvalue weighted by Gasteiger charge is -1.98. The van der Waals surface area contributed by atoms with Crippen molar-refractivity contribution in [3.8, 4) is 11.4 Å². The van der Waals surface area contributed by atoms with Crippen molar-refractivity contribution in [3.05, 3.63) is 46.8 Å². The third kappa shape index (κ3) is 4.73. The van der Waals surface area contributed by atoms with Crippen LogP contribution < -0.4 is 5.43 Å². The van der Waals surface area contributed by atoms with E-state index in [1.165, 1.54) is 11.3 Å². The summed E-state index contributed by atoms with van der Waals surface area (Å²) in [7, 11) is 0. The Balaban J connectivity index is 1.55. The summed E-state index contributed by atoms with van der Waals surface area (Å²) in [5.74, 6) is 0.798. The van der Waals surface area contributed by atoms with Gasteiger partial charge in [-0.25, -0.2) is 4.98 Å². The molecule has 0 aliphatic heterocycles. The number of rotatable bonds is 7. The summed E-state index contributed by atoms with van der Waals surface area (Å²) in [5.41, 5.74) is 5.29. The maximum Gasteiger partial charge on any atom is 0.311 e. The summed E-state index contributed by atoms with van der Waals surface area (Å²) >= 11 is 1.38. The molecule has 0 bridgehead atoms. The van der Waals surface area contributed by atoms with E-state index in [1.807, 2.05) is 24.3 Å². The van der Waals surface area contributed by atoms with Crippen LogP contribution in [0.15, 0.2) is 39.3 Å². The Labute approximate surface area is 153 Å². The van der Waals surface area contributed by atoms with E-state index in [0.717, 1.165) is 11.1 Å². The second-order valence-corrected chi connectivity index (χ2v) is 6.11. The van der Waals surface area contributed by atoms with Crippen molar-refractivity contribution in [1.82, 2.24) is 15.1 Å². The highest BCUT2D eigenvalue weighted by Gasteiger charge is 2.08. The van der Waals surface area contributed by atoms with Crippen molar-refractivity contribution in [2.45, 2.75) is 20.3 Å². The Kier molecular flexibility index (Phi) is 5.69. The summed E-state index contributed by atoms with van der Waals surface area (Å²) in [6.07, 6.45) is 1.84. The average Bonchev–Trinajstić information content (AvgIpc) is 3.25. The minimum absolute atomic E-state index is 0.159. The minimum atomic E-state index is -0.287. The highest BCUT2D eigenvalue weighted by atomic mass is 32.1. The molecule has 2 aromatic heterocycles. The zero-order valence-electron chi connectivity index (χ0n) is 14.3. The molecule has 0 aliphatic rings. The van der Waals surface area contributed by atoms with Gasteiger partial charge >= 0.3 is 5.97 Å². The third-order valence-electron chi connectivity index (χ3n) is 3.25. The molecule has 1 N–H and O–H groups in total. The van der Waals surface area contributed by atoms with E-state index in [2.05, 4.69) is 25.7 Å². The Morgan fingerprint density at radius 1 is 1.35 bits per heavy atom. The van der Waals surface area contributed by atoms with Gasteiger partial charge in [-0.1, -0.05) is 29.4 Å². The van der Waals surface area contributed by atoms with E-state index in [-0.39, 0.29) is 12.4 Å². The van der Waals surface area contributed by atoms with Crippen LogP contribution in [0.2, 0.25) is 0 Å². The molecule has 1 aromatic carbocycles. The largest absolute Gasteiger partial charge is 0.466 e. The molecule has 0 saturated carbocycles. The van der Waals surface area contributed by atoms with Crippen molar-refractivity contribution in [1.29, 1.82) is 0 Å². The first-order valence-corrected chi connectivity index (χ1v) is 8.82. The number of aromatic nitrogens is 3. The number of carbonyl (C=O) groups is 1. The van der Waals surface area contributed by atoms with Gasteiger partial charge in [-0.15, -0.1) is 11.3 Å². The van der Waals surface area contributed by atoms with Gasteiger partial charge in [-0.2, -0.15) is 10.1 Å². The highest BCUT2D eigenvalue weighted by Crippen LogP contribution is 2.17. The number of hydrogen-bond donors (Lipinski definition) is 1. The number of thiazole rings is 1. The van der Waals surface area contributed by atoms with Crippen LogP contribution in [0.25, 0.3) is 11.4 Å². The number of hydrogen-bond acceptors (Lipinski definition) is 9. The SMILES string of the molecule is CCOC(=O)Cc1csc(NN=Cc2ccc(-c3noc(C)n3)cc2)n1. The number of carbonyl (C=O) groups excluding carboxylic acids is 1. The van der Waals surface area contributed by atoms with Crippen molar-refractivity contribution in [2.24, 2.45) is 5.10 Å². The Bertz CT molecular complexity index is 901. The zero-order chi connectivity index (χ0) is 18.4. The topological polar surface area (TPSA) is 102 Å². The fourth-order valence-corrected chi connectivity index (χ4v) is 2.76. The number of anilines is 1. The number of ether oxygens (including phenoxy) is 1. The molecule has 8 nitrogen and oxygen atoms in total. The van der Waals surface area contributed by atoms with E-state index in [9.17, 15) is 4.79 Å². The second-order valence-electron chi connectivity index (χ2n) is 5.25. The van der Waals surface area contributed by atoms with Crippen molar-refractivity contribution in [3.63, 3.8) is 0 Å². The number of nitrogens with zero attached hydrogens (tertiary/aromatic N) is 4. The van der Waals surface area contributed by atoms with Crippen LogP contribution in [0.3, 0.4) is 0 Å². The zero-order valence-corrected chi connectivity index (χ0v) is 15.1. The molecule has 2 heterocycles. The summed E-state index contributed by atoms with van der Waals surface area (Å²) < 4.78 is 9.87. The van der Waals surface area contributed by atoms with Crippen LogP contribution >= 0.6 is 11.3 Å². The first-order chi connectivity index (χ1) is 12.6. The molecule has 3 aromatic rings. The number of benzene rings is 1. The van der Waals surface area contributed by atoms with E-state index in [0.29, 0.717) is 29.1 Å². The van der Waals surface area contributed by atoms with Crippen LogP contribution in [-0.4, -0.2) is 33.9 Å². The van der Waals surface area contributed by atoms with Crippen LogP contribution in [0, 0.1) is 6.92 Å². The van der Waals surface area contributed by atoms with Crippen molar-refractivity contribution < 1.29 is 14.1 Å². The standard InChI is InChI=1S/C17H17N5O3S/c1-3-24-15(23)8-14-10-26-17(20-14)21-18-9-12-4-6-13(7-5-12)16-19-11(2)25-22-16/h4-7,9-10H,3,8H2,1-2H3,(H,20,21). The molecular formula is C17H17N5O3S. The number of aryl methyl sites for hydroxylation is 1. The van der Waals surface area contributed by atoms with E-state index >= 15 is 0 Å². The summed E-state index contributed by atoms with van der Waals surface area (Å²) in [4.78, 5) is 19.9. The summed E-state index contributed by atoms with van der Waals surface area (Å²) in [6.45, 7) is 3.89. The lowest BCUT2D eigenvalue weighted by atomic mass is 10.1. The minimum Gasteiger partial charge on any atom is -0.466 e. The maximum absolute atomic E-state index is 11.4. The maximum atomic E-state index is 11.4. The van der Waals surface area contributed by atoms with Crippen molar-refractivity contribution >= 4 is 28.7 Å². The van der Waals surface area contributed by atoms with Gasteiger partial charge in [0.15, 0.2) is 0 Å².